The monoisotopic (exact) mass is 372 g/mol. The molecular weight excluding hydrogens is 351 g/mol. The number of likely N-dealkylation sites (tertiary alicyclic amines) is 1. The van der Waals surface area contributed by atoms with Crippen LogP contribution in [0.25, 0.3) is 0 Å². The van der Waals surface area contributed by atoms with Gasteiger partial charge in [-0.05, 0) is 33.6 Å². The summed E-state index contributed by atoms with van der Waals surface area (Å²) in [5, 5.41) is 24.9. The summed E-state index contributed by atoms with van der Waals surface area (Å²) in [5.74, 6) is -3.14. The molecule has 1 aliphatic rings. The average molecular weight is 372 g/mol. The van der Waals surface area contributed by atoms with Crippen molar-refractivity contribution < 1.29 is 33.7 Å². The SMILES string of the molecule is CC(C)(C)OC(=O)N1CCCC(F)(Cn2nnc(C(=O)O)c2C(=O)O)C1. The first-order valence-corrected chi connectivity index (χ1v) is 7.99. The van der Waals surface area contributed by atoms with Gasteiger partial charge in [0.25, 0.3) is 0 Å². The maximum Gasteiger partial charge on any atom is 0.410 e. The van der Waals surface area contributed by atoms with Gasteiger partial charge in [-0.2, -0.15) is 0 Å². The number of ether oxygens (including phenoxy) is 1. The van der Waals surface area contributed by atoms with E-state index in [4.69, 9.17) is 9.84 Å². The summed E-state index contributed by atoms with van der Waals surface area (Å²) >= 11 is 0. The number of hydrogen-bond acceptors (Lipinski definition) is 6. The molecule has 10 nitrogen and oxygen atoms in total. The molecule has 1 atom stereocenters. The molecule has 2 heterocycles. The van der Waals surface area contributed by atoms with E-state index < -0.39 is 47.2 Å². The fourth-order valence-electron chi connectivity index (χ4n) is 2.75. The molecule has 0 spiro atoms. The molecule has 1 amide bonds. The van der Waals surface area contributed by atoms with Crippen molar-refractivity contribution in [3.8, 4) is 0 Å². The molecule has 0 saturated carbocycles. The van der Waals surface area contributed by atoms with Crippen molar-refractivity contribution in [1.29, 1.82) is 0 Å². The first-order valence-electron chi connectivity index (χ1n) is 7.99. The summed E-state index contributed by atoms with van der Waals surface area (Å²) in [4.78, 5) is 35.7. The highest BCUT2D eigenvalue weighted by molar-refractivity contribution is 5.98. The van der Waals surface area contributed by atoms with Crippen LogP contribution in [0.15, 0.2) is 0 Å². The van der Waals surface area contributed by atoms with Crippen LogP contribution >= 0.6 is 0 Å². The highest BCUT2D eigenvalue weighted by atomic mass is 19.1. The number of halogens is 1. The quantitative estimate of drug-likeness (QED) is 0.810. The Kier molecular flexibility index (Phi) is 5.19. The van der Waals surface area contributed by atoms with Crippen molar-refractivity contribution in [2.75, 3.05) is 13.1 Å². The second-order valence-electron chi connectivity index (χ2n) is 7.21. The maximum atomic E-state index is 15.3. The zero-order chi connectivity index (χ0) is 19.7. The number of carbonyl (C=O) groups is 3. The van der Waals surface area contributed by atoms with Gasteiger partial charge in [-0.25, -0.2) is 23.5 Å². The summed E-state index contributed by atoms with van der Waals surface area (Å²) in [7, 11) is 0. The average Bonchev–Trinajstić information content (AvgIpc) is 2.88. The van der Waals surface area contributed by atoms with E-state index in [2.05, 4.69) is 10.3 Å². The number of aromatic nitrogens is 3. The lowest BCUT2D eigenvalue weighted by Crippen LogP contribution is -2.51. The number of carboxylic acids is 2. The van der Waals surface area contributed by atoms with Crippen molar-refractivity contribution >= 4 is 18.0 Å². The lowest BCUT2D eigenvalue weighted by molar-refractivity contribution is -0.0115. The number of carbonyl (C=O) groups excluding carboxylic acids is 1. The van der Waals surface area contributed by atoms with Crippen molar-refractivity contribution in [2.45, 2.75) is 51.4 Å². The Bertz CT molecular complexity index is 728. The predicted octanol–water partition coefficient (Wildman–Crippen LogP) is 1.41. The first-order chi connectivity index (χ1) is 11.9. The Hall–Kier alpha value is -2.72. The van der Waals surface area contributed by atoms with E-state index in [0.717, 1.165) is 0 Å². The van der Waals surface area contributed by atoms with Crippen LogP contribution < -0.4 is 0 Å². The van der Waals surface area contributed by atoms with E-state index in [0.29, 0.717) is 17.6 Å². The van der Waals surface area contributed by atoms with Crippen LogP contribution in [-0.4, -0.2) is 72.5 Å². The Morgan fingerprint density at radius 1 is 1.27 bits per heavy atom. The molecule has 2 rings (SSSR count). The summed E-state index contributed by atoms with van der Waals surface area (Å²) < 4.78 is 21.2. The smallest absolute Gasteiger partial charge is 0.410 e. The number of amides is 1. The van der Waals surface area contributed by atoms with Crippen molar-refractivity contribution in [2.24, 2.45) is 0 Å². The second kappa shape index (κ2) is 6.89. The topological polar surface area (TPSA) is 135 Å². The molecule has 1 saturated heterocycles. The summed E-state index contributed by atoms with van der Waals surface area (Å²) in [5.41, 5.74) is -4.18. The molecular formula is C15H21FN4O6. The van der Waals surface area contributed by atoms with Crippen LogP contribution in [0.4, 0.5) is 9.18 Å². The fraction of sp³-hybridized carbons (Fsp3) is 0.667. The Labute approximate surface area is 148 Å². The van der Waals surface area contributed by atoms with Gasteiger partial charge >= 0.3 is 18.0 Å². The summed E-state index contributed by atoms with van der Waals surface area (Å²) in [6, 6.07) is 0. The standard InChI is InChI=1S/C15H21FN4O6/c1-14(2,3)26-13(25)19-6-4-5-15(16,7-19)8-20-10(12(23)24)9(11(21)22)17-18-20/h4-8H2,1-3H3,(H,21,22)(H,23,24). The number of rotatable bonds is 4. The molecule has 0 aliphatic carbocycles. The molecule has 1 fully saturated rings. The van der Waals surface area contributed by atoms with Crippen LogP contribution in [0.2, 0.25) is 0 Å². The molecule has 2 N–H and O–H groups in total. The highest BCUT2D eigenvalue weighted by Crippen LogP contribution is 2.29. The molecule has 1 aliphatic heterocycles. The molecule has 0 bridgehead atoms. The third-order valence-electron chi connectivity index (χ3n) is 3.75. The second-order valence-corrected chi connectivity index (χ2v) is 7.21. The van der Waals surface area contributed by atoms with E-state index >= 15 is 4.39 Å². The van der Waals surface area contributed by atoms with E-state index in [9.17, 15) is 19.5 Å². The van der Waals surface area contributed by atoms with Gasteiger partial charge in [0.15, 0.2) is 5.69 Å². The molecule has 1 aromatic heterocycles. The zero-order valence-corrected chi connectivity index (χ0v) is 14.7. The number of carboxylic acid groups (broad SMARTS) is 2. The lowest BCUT2D eigenvalue weighted by atomic mass is 9.94. The van der Waals surface area contributed by atoms with Crippen LogP contribution in [0.3, 0.4) is 0 Å². The third kappa shape index (κ3) is 4.46. The summed E-state index contributed by atoms with van der Waals surface area (Å²) in [6.45, 7) is 4.54. The number of nitrogens with zero attached hydrogens (tertiary/aromatic N) is 4. The summed E-state index contributed by atoms with van der Waals surface area (Å²) in [6.07, 6.45) is -0.255. The van der Waals surface area contributed by atoms with Crippen LogP contribution in [-0.2, 0) is 11.3 Å². The molecule has 26 heavy (non-hydrogen) atoms. The molecule has 11 heteroatoms. The van der Waals surface area contributed by atoms with Gasteiger partial charge in [0, 0.05) is 6.54 Å². The van der Waals surface area contributed by atoms with Crippen molar-refractivity contribution in [3.05, 3.63) is 11.4 Å². The van der Waals surface area contributed by atoms with Gasteiger partial charge in [0.05, 0.1) is 13.1 Å². The Balaban J connectivity index is 2.20. The van der Waals surface area contributed by atoms with Crippen LogP contribution in [0.1, 0.15) is 54.6 Å². The number of piperidine rings is 1. The van der Waals surface area contributed by atoms with E-state index in [1.54, 1.807) is 20.8 Å². The molecule has 1 unspecified atom stereocenters. The van der Waals surface area contributed by atoms with Crippen molar-refractivity contribution in [1.82, 2.24) is 19.9 Å². The minimum Gasteiger partial charge on any atom is -0.476 e. The van der Waals surface area contributed by atoms with Crippen LogP contribution in [0, 0.1) is 0 Å². The lowest BCUT2D eigenvalue weighted by Gasteiger charge is -2.37. The van der Waals surface area contributed by atoms with Gasteiger partial charge in [0.2, 0.25) is 5.69 Å². The van der Waals surface area contributed by atoms with Gasteiger partial charge in [0.1, 0.15) is 11.3 Å². The zero-order valence-electron chi connectivity index (χ0n) is 14.7. The Morgan fingerprint density at radius 2 is 1.92 bits per heavy atom. The number of aromatic carboxylic acids is 2. The molecule has 1 aromatic rings. The van der Waals surface area contributed by atoms with Crippen molar-refractivity contribution in [3.63, 3.8) is 0 Å². The number of alkyl halides is 1. The highest BCUT2D eigenvalue weighted by Gasteiger charge is 2.41. The largest absolute Gasteiger partial charge is 0.476 e. The third-order valence-corrected chi connectivity index (χ3v) is 3.75. The van der Waals surface area contributed by atoms with E-state index in [1.807, 2.05) is 0 Å². The van der Waals surface area contributed by atoms with Gasteiger partial charge < -0.3 is 19.8 Å². The normalized spacial score (nSPS) is 20.7. The molecule has 0 aromatic carbocycles. The number of hydrogen-bond donors (Lipinski definition) is 2. The van der Waals surface area contributed by atoms with Gasteiger partial charge in [-0.15, -0.1) is 5.10 Å². The fourth-order valence-corrected chi connectivity index (χ4v) is 2.75. The maximum absolute atomic E-state index is 15.3. The van der Waals surface area contributed by atoms with E-state index in [1.165, 1.54) is 4.90 Å². The van der Waals surface area contributed by atoms with E-state index in [-0.39, 0.29) is 13.0 Å². The predicted molar refractivity (Wildman–Crippen MR) is 84.8 cm³/mol. The molecule has 144 valence electrons. The molecule has 0 radical (unpaired) electrons. The van der Waals surface area contributed by atoms with Crippen LogP contribution in [0.5, 0.6) is 0 Å². The first kappa shape index (κ1) is 19.6. The minimum atomic E-state index is -1.98. The Morgan fingerprint density at radius 3 is 2.46 bits per heavy atom. The van der Waals surface area contributed by atoms with Gasteiger partial charge in [-0.1, -0.05) is 5.21 Å². The van der Waals surface area contributed by atoms with Gasteiger partial charge in [-0.3, -0.25) is 0 Å². The minimum absolute atomic E-state index is 0.0631.